The van der Waals surface area contributed by atoms with Crippen molar-refractivity contribution in [2.24, 2.45) is 0 Å². The number of aromatic nitrogens is 3. The smallest absolute Gasteiger partial charge is 0.223 e. The molecule has 0 saturated heterocycles. The third kappa shape index (κ3) is 4.35. The topological polar surface area (TPSA) is 103 Å². The Hall–Kier alpha value is -1.99. The minimum atomic E-state index is -0.649. The standard InChI is InChI=1S/C18H27N5O2/c1-10(2)20-17-16-12(8-15(22-17)11(3)24)9-19-18(23-16)21-13-4-6-14(25)7-5-13/h8-11,13-14,24-25H,4-7H2,1-3H3,(H,20,22)(H,19,21,23). The summed E-state index contributed by atoms with van der Waals surface area (Å²) in [4.78, 5) is 13.6. The van der Waals surface area contributed by atoms with Crippen LogP contribution >= 0.6 is 0 Å². The van der Waals surface area contributed by atoms with Gasteiger partial charge in [0.25, 0.3) is 0 Å². The third-order valence-corrected chi connectivity index (χ3v) is 4.47. The first-order valence-corrected chi connectivity index (χ1v) is 8.99. The maximum Gasteiger partial charge on any atom is 0.223 e. The molecule has 7 heteroatoms. The Morgan fingerprint density at radius 2 is 1.84 bits per heavy atom. The van der Waals surface area contributed by atoms with Crippen molar-refractivity contribution < 1.29 is 10.2 Å². The quantitative estimate of drug-likeness (QED) is 0.660. The van der Waals surface area contributed by atoms with Gasteiger partial charge in [-0.3, -0.25) is 0 Å². The van der Waals surface area contributed by atoms with Gasteiger partial charge in [-0.2, -0.15) is 0 Å². The largest absolute Gasteiger partial charge is 0.393 e. The fourth-order valence-electron chi connectivity index (χ4n) is 3.12. The minimum absolute atomic E-state index is 0.180. The lowest BCUT2D eigenvalue weighted by Gasteiger charge is -2.26. The zero-order valence-electron chi connectivity index (χ0n) is 15.0. The lowest BCUT2D eigenvalue weighted by atomic mass is 9.93. The third-order valence-electron chi connectivity index (χ3n) is 4.47. The number of nitrogens with one attached hydrogen (secondary N) is 2. The molecular formula is C18H27N5O2. The summed E-state index contributed by atoms with van der Waals surface area (Å²) in [5, 5.41) is 27.0. The van der Waals surface area contributed by atoms with E-state index in [1.54, 1.807) is 13.1 Å². The second-order valence-corrected chi connectivity index (χ2v) is 7.15. The number of aliphatic hydroxyl groups excluding tert-OH is 2. The van der Waals surface area contributed by atoms with Crippen molar-refractivity contribution in [2.45, 2.75) is 70.7 Å². The van der Waals surface area contributed by atoms with E-state index in [0.717, 1.165) is 36.6 Å². The molecule has 1 saturated carbocycles. The lowest BCUT2D eigenvalue weighted by molar-refractivity contribution is 0.126. The maximum atomic E-state index is 9.87. The highest BCUT2D eigenvalue weighted by Crippen LogP contribution is 2.26. The molecule has 2 heterocycles. The average molecular weight is 345 g/mol. The molecule has 4 N–H and O–H groups in total. The number of nitrogens with zero attached hydrogens (tertiary/aromatic N) is 3. The van der Waals surface area contributed by atoms with Crippen LogP contribution in [0.2, 0.25) is 0 Å². The molecule has 1 unspecified atom stereocenters. The predicted molar refractivity (Wildman–Crippen MR) is 98.6 cm³/mol. The van der Waals surface area contributed by atoms with Gasteiger partial charge in [-0.25, -0.2) is 15.0 Å². The molecule has 1 atom stereocenters. The zero-order valence-corrected chi connectivity index (χ0v) is 15.0. The molecule has 0 amide bonds. The van der Waals surface area contributed by atoms with Gasteiger partial charge in [-0.15, -0.1) is 0 Å². The summed E-state index contributed by atoms with van der Waals surface area (Å²) in [6.07, 6.45) is 4.39. The van der Waals surface area contributed by atoms with Crippen LogP contribution in [-0.2, 0) is 0 Å². The molecule has 0 spiro atoms. The number of hydrogen-bond acceptors (Lipinski definition) is 7. The van der Waals surface area contributed by atoms with E-state index in [1.807, 2.05) is 19.9 Å². The lowest BCUT2D eigenvalue weighted by Crippen LogP contribution is -2.28. The van der Waals surface area contributed by atoms with E-state index in [2.05, 4.69) is 25.6 Å². The fraction of sp³-hybridized carbons (Fsp3) is 0.611. The molecule has 1 fully saturated rings. The first kappa shape index (κ1) is 17.8. The molecule has 0 radical (unpaired) electrons. The molecule has 7 nitrogen and oxygen atoms in total. The zero-order chi connectivity index (χ0) is 18.0. The van der Waals surface area contributed by atoms with Crippen LogP contribution in [0.25, 0.3) is 10.9 Å². The molecule has 136 valence electrons. The maximum absolute atomic E-state index is 9.87. The van der Waals surface area contributed by atoms with Crippen molar-refractivity contribution in [1.82, 2.24) is 15.0 Å². The summed E-state index contributed by atoms with van der Waals surface area (Å²) in [6.45, 7) is 5.77. The summed E-state index contributed by atoms with van der Waals surface area (Å²) in [7, 11) is 0. The first-order chi connectivity index (χ1) is 11.9. The fourth-order valence-corrected chi connectivity index (χ4v) is 3.12. The Morgan fingerprint density at radius 1 is 1.12 bits per heavy atom. The Morgan fingerprint density at radius 3 is 2.48 bits per heavy atom. The molecule has 25 heavy (non-hydrogen) atoms. The van der Waals surface area contributed by atoms with Gasteiger partial charge >= 0.3 is 0 Å². The van der Waals surface area contributed by atoms with E-state index in [4.69, 9.17) is 0 Å². The van der Waals surface area contributed by atoms with Gasteiger partial charge in [0, 0.05) is 23.7 Å². The summed E-state index contributed by atoms with van der Waals surface area (Å²) in [5.41, 5.74) is 1.34. The Labute approximate surface area is 147 Å². The van der Waals surface area contributed by atoms with E-state index >= 15 is 0 Å². The molecule has 1 aliphatic carbocycles. The second-order valence-electron chi connectivity index (χ2n) is 7.15. The Balaban J connectivity index is 1.90. The Bertz CT molecular complexity index is 727. The number of anilines is 2. The van der Waals surface area contributed by atoms with Crippen LogP contribution in [0.1, 0.15) is 58.3 Å². The van der Waals surface area contributed by atoms with Crippen molar-refractivity contribution in [3.63, 3.8) is 0 Å². The summed E-state index contributed by atoms with van der Waals surface area (Å²) >= 11 is 0. The van der Waals surface area contributed by atoms with E-state index in [1.165, 1.54) is 0 Å². The van der Waals surface area contributed by atoms with Crippen LogP contribution in [0.3, 0.4) is 0 Å². The molecule has 2 aromatic rings. The number of aliphatic hydroxyl groups is 2. The van der Waals surface area contributed by atoms with Gasteiger partial charge < -0.3 is 20.8 Å². The van der Waals surface area contributed by atoms with Gasteiger partial charge in [0.05, 0.1) is 17.9 Å². The van der Waals surface area contributed by atoms with Gasteiger partial charge in [0.2, 0.25) is 5.95 Å². The van der Waals surface area contributed by atoms with Crippen LogP contribution in [0.5, 0.6) is 0 Å². The highest BCUT2D eigenvalue weighted by Gasteiger charge is 2.20. The van der Waals surface area contributed by atoms with Gasteiger partial charge in [-0.1, -0.05) is 0 Å². The minimum Gasteiger partial charge on any atom is -0.393 e. The van der Waals surface area contributed by atoms with Crippen molar-refractivity contribution in [1.29, 1.82) is 0 Å². The second kappa shape index (κ2) is 7.49. The number of rotatable bonds is 5. The van der Waals surface area contributed by atoms with E-state index < -0.39 is 6.10 Å². The molecule has 0 aliphatic heterocycles. The number of hydrogen-bond donors (Lipinski definition) is 4. The average Bonchev–Trinajstić information content (AvgIpc) is 2.56. The van der Waals surface area contributed by atoms with Crippen LogP contribution in [0.4, 0.5) is 11.8 Å². The molecule has 1 aliphatic rings. The normalized spacial score (nSPS) is 22.2. The highest BCUT2D eigenvalue weighted by atomic mass is 16.3. The molecule has 0 aromatic carbocycles. The predicted octanol–water partition coefficient (Wildman–Crippen LogP) is 2.61. The molecular weight excluding hydrogens is 318 g/mol. The van der Waals surface area contributed by atoms with Crippen molar-refractivity contribution >= 4 is 22.7 Å². The van der Waals surface area contributed by atoms with Gasteiger partial charge in [0.15, 0.2) is 5.82 Å². The molecule has 2 aromatic heterocycles. The number of pyridine rings is 1. The van der Waals surface area contributed by atoms with E-state index in [-0.39, 0.29) is 18.2 Å². The van der Waals surface area contributed by atoms with E-state index in [9.17, 15) is 10.2 Å². The first-order valence-electron chi connectivity index (χ1n) is 8.99. The number of fused-ring (bicyclic) bond motifs is 1. The summed E-state index contributed by atoms with van der Waals surface area (Å²) in [6, 6.07) is 2.31. The highest BCUT2D eigenvalue weighted by molar-refractivity contribution is 5.89. The van der Waals surface area contributed by atoms with Crippen molar-refractivity contribution in [3.05, 3.63) is 18.0 Å². The van der Waals surface area contributed by atoms with Gasteiger partial charge in [0.1, 0.15) is 5.52 Å². The van der Waals surface area contributed by atoms with Crippen molar-refractivity contribution in [2.75, 3.05) is 10.6 Å². The summed E-state index contributed by atoms with van der Waals surface area (Å²) in [5.74, 6) is 1.24. The van der Waals surface area contributed by atoms with Crippen LogP contribution in [-0.4, -0.2) is 43.4 Å². The molecule has 0 bridgehead atoms. The van der Waals surface area contributed by atoms with Crippen LogP contribution in [0, 0.1) is 0 Å². The van der Waals surface area contributed by atoms with Crippen molar-refractivity contribution in [3.8, 4) is 0 Å². The van der Waals surface area contributed by atoms with E-state index in [0.29, 0.717) is 17.5 Å². The van der Waals surface area contributed by atoms with Gasteiger partial charge in [-0.05, 0) is 52.5 Å². The SMILES string of the molecule is CC(C)Nc1nc(C(C)O)cc2cnc(NC3CCC(O)CC3)nc12. The summed E-state index contributed by atoms with van der Waals surface area (Å²) < 4.78 is 0. The molecule has 3 rings (SSSR count). The van der Waals surface area contributed by atoms with Crippen LogP contribution in [0.15, 0.2) is 12.3 Å². The monoisotopic (exact) mass is 345 g/mol. The Kier molecular flexibility index (Phi) is 5.34. The van der Waals surface area contributed by atoms with Crippen LogP contribution < -0.4 is 10.6 Å².